The summed E-state index contributed by atoms with van der Waals surface area (Å²) in [5.41, 5.74) is 5.19. The maximum Gasteiger partial charge on any atom is 0.416 e. The highest BCUT2D eigenvalue weighted by Gasteiger charge is 2.30. The average Bonchev–Trinajstić information content (AvgIpc) is 2.43. The van der Waals surface area contributed by atoms with Gasteiger partial charge in [0.05, 0.1) is 12.2 Å². The molecular weight excluding hydrogens is 422 g/mol. The van der Waals surface area contributed by atoms with Crippen LogP contribution in [0.5, 0.6) is 0 Å². The molecule has 0 spiro atoms. The molecule has 0 saturated carbocycles. The van der Waals surface area contributed by atoms with Gasteiger partial charge in [-0.25, -0.2) is 4.99 Å². The Morgan fingerprint density at radius 2 is 2.13 bits per heavy atom. The summed E-state index contributed by atoms with van der Waals surface area (Å²) in [5, 5.41) is 2.89. The normalized spacial score (nSPS) is 12.7. The summed E-state index contributed by atoms with van der Waals surface area (Å²) in [6.45, 7) is 2.45. The number of rotatable bonds is 4. The van der Waals surface area contributed by atoms with Gasteiger partial charge in [0.15, 0.2) is 5.96 Å². The zero-order valence-corrected chi connectivity index (χ0v) is 15.1. The standard InChI is InChI=1S/C15H18F3N3O.HI/c1-11(10-22-2)21-14(19)20-8-4-6-12-5-3-7-13(9-12)15(16,17)18;/h3,5,7,9,11H,8,10H2,1-2H3,(H3,19,20,21);1H. The van der Waals surface area contributed by atoms with Gasteiger partial charge in [0, 0.05) is 18.7 Å². The second kappa shape index (κ2) is 10.3. The van der Waals surface area contributed by atoms with Gasteiger partial charge in [0.2, 0.25) is 0 Å². The second-order valence-electron chi connectivity index (χ2n) is 4.58. The largest absolute Gasteiger partial charge is 0.416 e. The van der Waals surface area contributed by atoms with E-state index in [1.165, 1.54) is 12.1 Å². The molecule has 0 aromatic heterocycles. The van der Waals surface area contributed by atoms with E-state index >= 15 is 0 Å². The minimum absolute atomic E-state index is 0. The number of aliphatic imine (C=N–C) groups is 1. The smallest absolute Gasteiger partial charge is 0.383 e. The summed E-state index contributed by atoms with van der Waals surface area (Å²) in [7, 11) is 1.58. The molecule has 4 nitrogen and oxygen atoms in total. The number of hydrogen-bond donors (Lipinski definition) is 2. The van der Waals surface area contributed by atoms with E-state index in [2.05, 4.69) is 22.2 Å². The van der Waals surface area contributed by atoms with Crippen LogP contribution in [0.3, 0.4) is 0 Å². The zero-order chi connectivity index (χ0) is 16.6. The van der Waals surface area contributed by atoms with Gasteiger partial charge in [0.25, 0.3) is 0 Å². The lowest BCUT2D eigenvalue weighted by Gasteiger charge is -2.12. The molecular formula is C15H19F3IN3O. The van der Waals surface area contributed by atoms with Gasteiger partial charge in [0.1, 0.15) is 6.54 Å². The first-order chi connectivity index (χ1) is 10.3. The fourth-order valence-corrected chi connectivity index (χ4v) is 1.63. The van der Waals surface area contributed by atoms with E-state index in [-0.39, 0.29) is 48.1 Å². The number of nitrogens with two attached hydrogens (primary N) is 1. The summed E-state index contributed by atoms with van der Waals surface area (Å²) >= 11 is 0. The number of methoxy groups -OCH3 is 1. The molecule has 0 bridgehead atoms. The lowest BCUT2D eigenvalue weighted by Crippen LogP contribution is -2.40. The Morgan fingerprint density at radius 1 is 1.43 bits per heavy atom. The molecule has 0 saturated heterocycles. The Labute approximate surface area is 150 Å². The molecule has 1 rings (SSSR count). The van der Waals surface area contributed by atoms with Gasteiger partial charge < -0.3 is 15.8 Å². The van der Waals surface area contributed by atoms with Crippen molar-refractivity contribution in [1.29, 1.82) is 0 Å². The first kappa shape index (κ1) is 21.5. The molecule has 1 aromatic carbocycles. The van der Waals surface area contributed by atoms with Gasteiger partial charge in [-0.05, 0) is 25.1 Å². The van der Waals surface area contributed by atoms with Crippen LogP contribution in [0.4, 0.5) is 13.2 Å². The number of alkyl halides is 3. The molecule has 23 heavy (non-hydrogen) atoms. The summed E-state index contributed by atoms with van der Waals surface area (Å²) in [6.07, 6.45) is -4.37. The highest BCUT2D eigenvalue weighted by atomic mass is 127. The van der Waals surface area contributed by atoms with E-state index in [1.807, 2.05) is 6.92 Å². The first-order valence-corrected chi connectivity index (χ1v) is 6.54. The van der Waals surface area contributed by atoms with Crippen molar-refractivity contribution in [2.45, 2.75) is 19.1 Å². The molecule has 0 radical (unpaired) electrons. The molecule has 0 aliphatic carbocycles. The monoisotopic (exact) mass is 441 g/mol. The Bertz CT molecular complexity index is 579. The van der Waals surface area contributed by atoms with Crippen molar-refractivity contribution >= 4 is 29.9 Å². The summed E-state index contributed by atoms with van der Waals surface area (Å²) in [4.78, 5) is 3.96. The van der Waals surface area contributed by atoms with Crippen LogP contribution in [0.2, 0.25) is 0 Å². The van der Waals surface area contributed by atoms with Gasteiger partial charge in [-0.1, -0.05) is 17.9 Å². The van der Waals surface area contributed by atoms with Crippen molar-refractivity contribution in [1.82, 2.24) is 5.32 Å². The predicted octanol–water partition coefficient (Wildman–Crippen LogP) is 2.61. The Morgan fingerprint density at radius 3 is 2.74 bits per heavy atom. The molecule has 0 aliphatic heterocycles. The number of nitrogens with zero attached hydrogens (tertiary/aromatic N) is 1. The van der Waals surface area contributed by atoms with E-state index in [4.69, 9.17) is 10.5 Å². The minimum Gasteiger partial charge on any atom is -0.383 e. The van der Waals surface area contributed by atoms with Crippen molar-refractivity contribution in [2.75, 3.05) is 20.3 Å². The molecule has 3 N–H and O–H groups in total. The van der Waals surface area contributed by atoms with Crippen molar-refractivity contribution in [3.63, 3.8) is 0 Å². The van der Waals surface area contributed by atoms with Crippen LogP contribution in [-0.4, -0.2) is 32.3 Å². The number of ether oxygens (including phenoxy) is 1. The Kier molecular flexibility index (Phi) is 9.67. The fraction of sp³-hybridized carbons (Fsp3) is 0.400. The Balaban J connectivity index is 0.00000484. The molecule has 0 aliphatic rings. The highest BCUT2D eigenvalue weighted by Crippen LogP contribution is 2.29. The number of hydrogen-bond acceptors (Lipinski definition) is 2. The quantitative estimate of drug-likeness (QED) is 0.327. The van der Waals surface area contributed by atoms with Crippen LogP contribution in [0.25, 0.3) is 0 Å². The third kappa shape index (κ3) is 8.66. The molecule has 0 fully saturated rings. The molecule has 0 heterocycles. The topological polar surface area (TPSA) is 59.6 Å². The van der Waals surface area contributed by atoms with E-state index < -0.39 is 11.7 Å². The molecule has 8 heteroatoms. The number of benzene rings is 1. The third-order valence-corrected chi connectivity index (χ3v) is 2.56. The van der Waals surface area contributed by atoms with Gasteiger partial charge in [-0.3, -0.25) is 0 Å². The van der Waals surface area contributed by atoms with Gasteiger partial charge in [-0.2, -0.15) is 13.2 Å². The first-order valence-electron chi connectivity index (χ1n) is 6.54. The van der Waals surface area contributed by atoms with E-state index in [1.54, 1.807) is 7.11 Å². The van der Waals surface area contributed by atoms with Crippen LogP contribution in [-0.2, 0) is 10.9 Å². The van der Waals surface area contributed by atoms with Crippen LogP contribution < -0.4 is 11.1 Å². The van der Waals surface area contributed by atoms with Crippen LogP contribution in [0, 0.1) is 11.8 Å². The second-order valence-corrected chi connectivity index (χ2v) is 4.58. The van der Waals surface area contributed by atoms with Crippen molar-refractivity contribution in [3.8, 4) is 11.8 Å². The van der Waals surface area contributed by atoms with Crippen LogP contribution in [0.1, 0.15) is 18.1 Å². The fourth-order valence-electron chi connectivity index (χ4n) is 1.63. The number of halogens is 4. The van der Waals surface area contributed by atoms with E-state index in [0.29, 0.717) is 6.61 Å². The van der Waals surface area contributed by atoms with E-state index in [0.717, 1.165) is 12.1 Å². The number of nitrogens with one attached hydrogen (secondary N) is 1. The molecule has 1 unspecified atom stereocenters. The third-order valence-electron chi connectivity index (χ3n) is 2.56. The summed E-state index contributed by atoms with van der Waals surface area (Å²) < 4.78 is 42.6. The maximum atomic E-state index is 12.5. The minimum atomic E-state index is -4.37. The zero-order valence-electron chi connectivity index (χ0n) is 12.8. The lowest BCUT2D eigenvalue weighted by atomic mass is 10.1. The molecule has 1 aromatic rings. The van der Waals surface area contributed by atoms with Crippen molar-refractivity contribution < 1.29 is 17.9 Å². The molecule has 0 amide bonds. The Hall–Kier alpha value is -1.47. The SMILES string of the molecule is COCC(C)NC(N)=NCC#Cc1cccc(C(F)(F)F)c1.I. The highest BCUT2D eigenvalue weighted by molar-refractivity contribution is 14.0. The predicted molar refractivity (Wildman–Crippen MR) is 94.7 cm³/mol. The summed E-state index contributed by atoms with van der Waals surface area (Å²) in [5.74, 6) is 5.50. The molecule has 128 valence electrons. The molecule has 1 atom stereocenters. The lowest BCUT2D eigenvalue weighted by molar-refractivity contribution is -0.137. The van der Waals surface area contributed by atoms with Gasteiger partial charge >= 0.3 is 6.18 Å². The summed E-state index contributed by atoms with van der Waals surface area (Å²) in [6, 6.07) is 4.83. The maximum absolute atomic E-state index is 12.5. The van der Waals surface area contributed by atoms with E-state index in [9.17, 15) is 13.2 Å². The van der Waals surface area contributed by atoms with Gasteiger partial charge in [-0.15, -0.1) is 24.0 Å². The van der Waals surface area contributed by atoms with Crippen molar-refractivity contribution in [2.24, 2.45) is 10.7 Å². The van der Waals surface area contributed by atoms with Crippen molar-refractivity contribution in [3.05, 3.63) is 35.4 Å². The van der Waals surface area contributed by atoms with Crippen LogP contribution >= 0.6 is 24.0 Å². The average molecular weight is 441 g/mol. The van der Waals surface area contributed by atoms with Crippen LogP contribution in [0.15, 0.2) is 29.3 Å². The number of guanidine groups is 1.